The van der Waals surface area contributed by atoms with Crippen LogP contribution >= 0.6 is 11.8 Å². The Morgan fingerprint density at radius 3 is 2.52 bits per heavy atom. The number of carbonyl (C=O) groups excluding carboxylic acids is 2. The molecule has 0 unspecified atom stereocenters. The zero-order chi connectivity index (χ0) is 20.2. The molecule has 0 saturated carbocycles. The number of hydrogen-bond acceptors (Lipinski definition) is 5. The quantitative estimate of drug-likeness (QED) is 0.584. The Hall–Kier alpha value is -3.00. The summed E-state index contributed by atoms with van der Waals surface area (Å²) in [6.45, 7) is 0.474. The van der Waals surface area contributed by atoms with Gasteiger partial charge in [0, 0.05) is 25.1 Å². The van der Waals surface area contributed by atoms with Crippen LogP contribution in [0.15, 0.2) is 59.8 Å². The molecule has 0 atom stereocenters. The van der Waals surface area contributed by atoms with E-state index in [0.717, 1.165) is 11.3 Å². The molecule has 29 heavy (non-hydrogen) atoms. The third-order valence-corrected chi connectivity index (χ3v) is 5.60. The fraction of sp³-hybridized carbons (Fsp3) is 0.238. The van der Waals surface area contributed by atoms with Crippen LogP contribution in [0.4, 0.5) is 4.39 Å². The average Bonchev–Trinajstić information content (AvgIpc) is 3.34. The minimum absolute atomic E-state index is 0.0937. The van der Waals surface area contributed by atoms with Gasteiger partial charge in [0.2, 0.25) is 11.8 Å². The number of benzene rings is 2. The summed E-state index contributed by atoms with van der Waals surface area (Å²) >= 11 is 1.23. The fourth-order valence-corrected chi connectivity index (χ4v) is 4.10. The number of rotatable bonds is 6. The van der Waals surface area contributed by atoms with Crippen molar-refractivity contribution >= 4 is 23.6 Å². The summed E-state index contributed by atoms with van der Waals surface area (Å²) in [5.74, 6) is 0.102. The van der Waals surface area contributed by atoms with E-state index in [4.69, 9.17) is 0 Å². The highest BCUT2D eigenvalue weighted by atomic mass is 32.2. The molecule has 0 N–H and O–H groups in total. The maximum Gasteiger partial charge on any atom is 0.239 e. The predicted molar refractivity (Wildman–Crippen MR) is 107 cm³/mol. The van der Waals surface area contributed by atoms with Crippen molar-refractivity contribution in [2.75, 3.05) is 12.3 Å². The van der Waals surface area contributed by atoms with E-state index in [-0.39, 0.29) is 23.4 Å². The lowest BCUT2D eigenvalue weighted by atomic mass is 10.1. The zero-order valence-corrected chi connectivity index (χ0v) is 16.4. The lowest BCUT2D eigenvalue weighted by Crippen LogP contribution is -2.33. The third kappa shape index (κ3) is 4.37. The first kappa shape index (κ1) is 19.3. The molecule has 1 fully saturated rings. The van der Waals surface area contributed by atoms with Crippen LogP contribution in [-0.2, 0) is 16.0 Å². The first-order valence-electron chi connectivity index (χ1n) is 9.32. The number of likely N-dealkylation sites (tertiary alicyclic amines) is 1. The van der Waals surface area contributed by atoms with Gasteiger partial charge in [-0.1, -0.05) is 42.1 Å². The second-order valence-electron chi connectivity index (χ2n) is 6.70. The van der Waals surface area contributed by atoms with Crippen LogP contribution in [0.1, 0.15) is 24.2 Å². The molecule has 8 heteroatoms. The standard InChI is InChI=1S/C21H19FN4O2S/c22-16-8-10-17(11-9-16)26-18(13-15-5-2-1-3-6-15)23-24-21(26)29-14-20(28)25-12-4-7-19(25)27/h1-3,5-6,8-11H,4,7,12-14H2. The Morgan fingerprint density at radius 1 is 1.07 bits per heavy atom. The largest absolute Gasteiger partial charge is 0.282 e. The van der Waals surface area contributed by atoms with E-state index in [1.807, 2.05) is 34.9 Å². The van der Waals surface area contributed by atoms with Gasteiger partial charge < -0.3 is 0 Å². The summed E-state index contributed by atoms with van der Waals surface area (Å²) < 4.78 is 15.2. The van der Waals surface area contributed by atoms with Crippen molar-refractivity contribution in [3.8, 4) is 5.69 Å². The van der Waals surface area contributed by atoms with E-state index in [0.29, 0.717) is 36.8 Å². The molecule has 1 aliphatic rings. The van der Waals surface area contributed by atoms with Crippen LogP contribution in [-0.4, -0.2) is 43.8 Å². The van der Waals surface area contributed by atoms with E-state index in [2.05, 4.69) is 10.2 Å². The van der Waals surface area contributed by atoms with Gasteiger partial charge in [0.05, 0.1) is 5.75 Å². The molecular formula is C21H19FN4O2S. The number of imide groups is 1. The topological polar surface area (TPSA) is 68.1 Å². The molecule has 1 saturated heterocycles. The molecule has 3 aromatic rings. The molecule has 1 aliphatic heterocycles. The molecule has 148 valence electrons. The normalized spacial score (nSPS) is 13.8. The van der Waals surface area contributed by atoms with Crippen LogP contribution in [0.2, 0.25) is 0 Å². The zero-order valence-electron chi connectivity index (χ0n) is 15.6. The number of thioether (sulfide) groups is 1. The molecule has 0 radical (unpaired) electrons. The summed E-state index contributed by atoms with van der Waals surface area (Å²) in [4.78, 5) is 25.5. The molecule has 0 aliphatic carbocycles. The third-order valence-electron chi connectivity index (χ3n) is 4.69. The Labute approximate surface area is 171 Å². The predicted octanol–water partition coefficient (Wildman–Crippen LogP) is 3.24. The minimum atomic E-state index is -0.330. The van der Waals surface area contributed by atoms with Gasteiger partial charge in [0.1, 0.15) is 11.6 Å². The van der Waals surface area contributed by atoms with Gasteiger partial charge in [-0.15, -0.1) is 10.2 Å². The maximum atomic E-state index is 13.4. The van der Waals surface area contributed by atoms with Crippen molar-refractivity contribution in [2.24, 2.45) is 0 Å². The second kappa shape index (κ2) is 8.57. The number of aromatic nitrogens is 3. The molecule has 0 spiro atoms. The van der Waals surface area contributed by atoms with E-state index in [1.54, 1.807) is 12.1 Å². The lowest BCUT2D eigenvalue weighted by molar-refractivity contribution is -0.140. The van der Waals surface area contributed by atoms with Crippen molar-refractivity contribution in [2.45, 2.75) is 24.4 Å². The second-order valence-corrected chi connectivity index (χ2v) is 7.65. The highest BCUT2D eigenvalue weighted by molar-refractivity contribution is 7.99. The van der Waals surface area contributed by atoms with Gasteiger partial charge in [-0.05, 0) is 36.2 Å². The fourth-order valence-electron chi connectivity index (χ4n) is 3.25. The molecule has 1 aromatic heterocycles. The summed E-state index contributed by atoms with van der Waals surface area (Å²) in [6, 6.07) is 15.9. The molecule has 2 aromatic carbocycles. The summed E-state index contributed by atoms with van der Waals surface area (Å²) in [5, 5.41) is 9.09. The highest BCUT2D eigenvalue weighted by Crippen LogP contribution is 2.25. The van der Waals surface area contributed by atoms with Crippen LogP contribution in [0.25, 0.3) is 5.69 Å². The van der Waals surface area contributed by atoms with Crippen molar-refractivity contribution in [1.82, 2.24) is 19.7 Å². The molecule has 2 heterocycles. The molecule has 2 amide bonds. The van der Waals surface area contributed by atoms with Gasteiger partial charge in [-0.2, -0.15) is 0 Å². The Kier molecular flexibility index (Phi) is 5.71. The molecule has 0 bridgehead atoms. The smallest absolute Gasteiger partial charge is 0.239 e. The van der Waals surface area contributed by atoms with Gasteiger partial charge in [0.15, 0.2) is 5.16 Å². The van der Waals surface area contributed by atoms with Gasteiger partial charge in [0.25, 0.3) is 0 Å². The first-order chi connectivity index (χ1) is 14.1. The summed E-state index contributed by atoms with van der Waals surface area (Å²) in [5.41, 5.74) is 1.79. The summed E-state index contributed by atoms with van der Waals surface area (Å²) in [6.07, 6.45) is 1.68. The monoisotopic (exact) mass is 410 g/mol. The van der Waals surface area contributed by atoms with Crippen LogP contribution in [0, 0.1) is 5.82 Å². The van der Waals surface area contributed by atoms with Crippen molar-refractivity contribution in [3.05, 3.63) is 71.8 Å². The molecular weight excluding hydrogens is 391 g/mol. The number of amides is 2. The average molecular weight is 410 g/mol. The summed E-state index contributed by atoms with van der Waals surface area (Å²) in [7, 11) is 0. The first-order valence-corrected chi connectivity index (χ1v) is 10.3. The maximum absolute atomic E-state index is 13.4. The Balaban J connectivity index is 1.60. The van der Waals surface area contributed by atoms with Crippen LogP contribution in [0.3, 0.4) is 0 Å². The van der Waals surface area contributed by atoms with Crippen LogP contribution < -0.4 is 0 Å². The van der Waals surface area contributed by atoms with Gasteiger partial charge >= 0.3 is 0 Å². The van der Waals surface area contributed by atoms with Gasteiger partial charge in [-0.25, -0.2) is 4.39 Å². The number of hydrogen-bond donors (Lipinski definition) is 0. The van der Waals surface area contributed by atoms with Crippen molar-refractivity contribution < 1.29 is 14.0 Å². The lowest BCUT2D eigenvalue weighted by Gasteiger charge is -2.14. The van der Waals surface area contributed by atoms with Crippen LogP contribution in [0.5, 0.6) is 0 Å². The minimum Gasteiger partial charge on any atom is -0.282 e. The van der Waals surface area contributed by atoms with E-state index in [9.17, 15) is 14.0 Å². The Bertz CT molecular complexity index is 1020. The van der Waals surface area contributed by atoms with E-state index >= 15 is 0 Å². The van der Waals surface area contributed by atoms with E-state index in [1.165, 1.54) is 28.8 Å². The van der Waals surface area contributed by atoms with E-state index < -0.39 is 0 Å². The van der Waals surface area contributed by atoms with Crippen molar-refractivity contribution in [3.63, 3.8) is 0 Å². The van der Waals surface area contributed by atoms with Gasteiger partial charge in [-0.3, -0.25) is 19.1 Å². The van der Waals surface area contributed by atoms with Crippen molar-refractivity contribution in [1.29, 1.82) is 0 Å². The number of carbonyl (C=O) groups is 2. The Morgan fingerprint density at radius 2 is 1.83 bits per heavy atom. The number of halogens is 1. The molecule has 4 rings (SSSR count). The highest BCUT2D eigenvalue weighted by Gasteiger charge is 2.27. The SMILES string of the molecule is O=C1CCCN1C(=O)CSc1nnc(Cc2ccccc2)n1-c1ccc(F)cc1. The number of nitrogens with zero attached hydrogens (tertiary/aromatic N) is 4. The molecule has 6 nitrogen and oxygen atoms in total.